The molecule has 0 heterocycles. The third-order valence-corrected chi connectivity index (χ3v) is 9.21. The lowest BCUT2D eigenvalue weighted by Crippen LogP contribution is -2.27. The van der Waals surface area contributed by atoms with Gasteiger partial charge in [0.25, 0.3) is 0 Å². The summed E-state index contributed by atoms with van der Waals surface area (Å²) in [4.78, 5) is 22.4. The number of allylic oxidation sites excluding steroid dienone is 11. The summed E-state index contributed by atoms with van der Waals surface area (Å²) in [5.41, 5.74) is 5.34. The predicted molar refractivity (Wildman–Crippen MR) is 231 cm³/mol. The van der Waals surface area contributed by atoms with Gasteiger partial charge in [-0.1, -0.05) is 144 Å². The average Bonchev–Trinajstić information content (AvgIpc) is 3.17. The second-order valence-electron chi connectivity index (χ2n) is 13.6. The van der Waals surface area contributed by atoms with Gasteiger partial charge in [-0.3, -0.25) is 13.8 Å². The minimum absolute atomic E-state index is 0.0499. The van der Waals surface area contributed by atoms with Crippen molar-refractivity contribution in [2.24, 2.45) is 5.73 Å². The van der Waals surface area contributed by atoms with E-state index in [1.165, 1.54) is 57.8 Å². The summed E-state index contributed by atoms with van der Waals surface area (Å²) in [5, 5.41) is 20.0. The highest BCUT2D eigenvalue weighted by molar-refractivity contribution is 7.47. The van der Waals surface area contributed by atoms with Crippen molar-refractivity contribution in [3.05, 3.63) is 97.4 Å². The number of nitrogens with two attached hydrogens (primary N) is 1. The number of esters is 1. The Morgan fingerprint density at radius 2 is 1.30 bits per heavy atom. The molecule has 0 aromatic rings. The van der Waals surface area contributed by atoms with E-state index in [0.29, 0.717) is 19.3 Å². The molecule has 5 N–H and O–H groups in total. The van der Waals surface area contributed by atoms with Gasteiger partial charge in [0, 0.05) is 13.0 Å². The fraction of sp³-hybridized carbons (Fsp3) is 0.622. The first-order valence-corrected chi connectivity index (χ1v) is 22.5. The molecule has 1 unspecified atom stereocenters. The fourth-order valence-corrected chi connectivity index (χ4v) is 5.87. The summed E-state index contributed by atoms with van der Waals surface area (Å²) >= 11 is 0. The Kier molecular flexibility index (Phi) is 38.3. The van der Waals surface area contributed by atoms with Crippen LogP contribution in [0.25, 0.3) is 0 Å². The first-order chi connectivity index (χ1) is 27.2. The minimum Gasteiger partial charge on any atom is -0.498 e. The molecule has 0 aliphatic rings. The van der Waals surface area contributed by atoms with Crippen LogP contribution >= 0.6 is 7.82 Å². The summed E-state index contributed by atoms with van der Waals surface area (Å²) in [5.74, 6) is -0.497. The highest BCUT2D eigenvalue weighted by atomic mass is 31.2. The SMILES string of the molecule is CC/C=C\C[C@H](O)/C=C/C=C\C/C=C\C=C\[C@H](O)/C=C\CCCC(=O)O[C@H](CO/C=C/CCCCCC/C=C\CCCCCCCC)COP(=O)(O)OCCN. The Balaban J connectivity index is 4.42. The number of phosphoric ester groups is 1. The Hall–Kier alpha value is -2.82. The van der Waals surface area contributed by atoms with Gasteiger partial charge in [-0.2, -0.15) is 0 Å². The zero-order chi connectivity index (χ0) is 41.2. The Bertz CT molecular complexity index is 1210. The van der Waals surface area contributed by atoms with Gasteiger partial charge in [0.15, 0.2) is 6.10 Å². The number of carbonyl (C=O) groups excluding carboxylic acids is 1. The number of rotatable bonds is 38. The van der Waals surface area contributed by atoms with Gasteiger partial charge in [0.05, 0.1) is 31.7 Å². The van der Waals surface area contributed by atoms with E-state index in [1.54, 1.807) is 36.6 Å². The average molecular weight is 806 g/mol. The zero-order valence-corrected chi connectivity index (χ0v) is 35.4. The molecule has 0 saturated carbocycles. The molecule has 0 aromatic carbocycles. The monoisotopic (exact) mass is 806 g/mol. The van der Waals surface area contributed by atoms with Crippen LogP contribution in [-0.2, 0) is 27.9 Å². The number of ether oxygens (including phenoxy) is 2. The van der Waals surface area contributed by atoms with Crippen LogP contribution in [0.15, 0.2) is 97.4 Å². The molecular weight excluding hydrogens is 729 g/mol. The van der Waals surface area contributed by atoms with E-state index in [1.807, 2.05) is 48.6 Å². The number of hydrogen-bond donors (Lipinski definition) is 4. The highest BCUT2D eigenvalue weighted by Crippen LogP contribution is 2.43. The van der Waals surface area contributed by atoms with Gasteiger partial charge in [0.2, 0.25) is 0 Å². The van der Waals surface area contributed by atoms with E-state index >= 15 is 0 Å². The van der Waals surface area contributed by atoms with Crippen LogP contribution in [0.5, 0.6) is 0 Å². The third-order valence-electron chi connectivity index (χ3n) is 8.22. The van der Waals surface area contributed by atoms with Crippen LogP contribution in [0.4, 0.5) is 0 Å². The fourth-order valence-electron chi connectivity index (χ4n) is 5.11. The van der Waals surface area contributed by atoms with Gasteiger partial charge in [-0.05, 0) is 76.7 Å². The Morgan fingerprint density at radius 1 is 0.679 bits per heavy atom. The molecule has 0 aliphatic carbocycles. The van der Waals surface area contributed by atoms with Crippen LogP contribution in [0.2, 0.25) is 0 Å². The van der Waals surface area contributed by atoms with Crippen molar-refractivity contribution < 1.29 is 43.0 Å². The lowest BCUT2D eigenvalue weighted by molar-refractivity contribution is -0.153. The second kappa shape index (κ2) is 40.4. The van der Waals surface area contributed by atoms with Gasteiger partial charge >= 0.3 is 13.8 Å². The maximum Gasteiger partial charge on any atom is 0.472 e. The second-order valence-corrected chi connectivity index (χ2v) is 15.0. The van der Waals surface area contributed by atoms with E-state index in [-0.39, 0.29) is 32.8 Å². The molecule has 0 bridgehead atoms. The van der Waals surface area contributed by atoms with Crippen molar-refractivity contribution in [1.29, 1.82) is 0 Å². The molecule has 0 fully saturated rings. The smallest absolute Gasteiger partial charge is 0.472 e. The maximum atomic E-state index is 12.6. The van der Waals surface area contributed by atoms with Gasteiger partial charge in [0.1, 0.15) is 6.61 Å². The highest BCUT2D eigenvalue weighted by Gasteiger charge is 2.25. The Morgan fingerprint density at radius 3 is 1.96 bits per heavy atom. The molecule has 0 saturated heterocycles. The van der Waals surface area contributed by atoms with E-state index in [4.69, 9.17) is 24.3 Å². The van der Waals surface area contributed by atoms with Gasteiger partial charge in [-0.25, -0.2) is 4.57 Å². The summed E-state index contributed by atoms with van der Waals surface area (Å²) < 4.78 is 33.0. The number of carbonyl (C=O) groups is 1. The summed E-state index contributed by atoms with van der Waals surface area (Å²) in [6, 6.07) is 0. The summed E-state index contributed by atoms with van der Waals surface area (Å²) in [7, 11) is -4.36. The molecule has 0 amide bonds. The van der Waals surface area contributed by atoms with E-state index in [0.717, 1.165) is 38.5 Å². The van der Waals surface area contributed by atoms with Crippen LogP contribution < -0.4 is 5.73 Å². The number of aliphatic hydroxyl groups is 2. The van der Waals surface area contributed by atoms with Crippen LogP contribution in [0.1, 0.15) is 136 Å². The molecule has 11 heteroatoms. The van der Waals surface area contributed by atoms with Gasteiger partial charge in [-0.15, -0.1) is 0 Å². The summed E-state index contributed by atoms with van der Waals surface area (Å²) in [6.07, 6.45) is 47.3. The topological polar surface area (TPSA) is 158 Å². The number of phosphoric acid groups is 1. The van der Waals surface area contributed by atoms with Crippen molar-refractivity contribution in [3.63, 3.8) is 0 Å². The van der Waals surface area contributed by atoms with Crippen LogP contribution in [-0.4, -0.2) is 65.8 Å². The molecule has 0 spiro atoms. The minimum atomic E-state index is -4.36. The van der Waals surface area contributed by atoms with Crippen molar-refractivity contribution in [2.45, 2.75) is 154 Å². The number of aliphatic hydroxyl groups excluding tert-OH is 2. The van der Waals surface area contributed by atoms with Crippen LogP contribution in [0, 0.1) is 0 Å². The first-order valence-electron chi connectivity index (χ1n) is 21.0. The van der Waals surface area contributed by atoms with Crippen molar-refractivity contribution in [1.82, 2.24) is 0 Å². The molecule has 0 rings (SSSR count). The zero-order valence-electron chi connectivity index (χ0n) is 34.5. The predicted octanol–water partition coefficient (Wildman–Crippen LogP) is 10.6. The molecule has 320 valence electrons. The summed E-state index contributed by atoms with van der Waals surface area (Å²) in [6.45, 7) is 3.78. The molecule has 0 aromatic heterocycles. The quantitative estimate of drug-likeness (QED) is 0.0118. The van der Waals surface area contributed by atoms with E-state index in [2.05, 4.69) is 26.0 Å². The first kappa shape index (κ1) is 53.2. The van der Waals surface area contributed by atoms with Crippen molar-refractivity contribution in [2.75, 3.05) is 26.4 Å². The van der Waals surface area contributed by atoms with Crippen molar-refractivity contribution >= 4 is 13.8 Å². The molecular formula is C45H76NO9P. The third kappa shape index (κ3) is 39.4. The molecule has 10 nitrogen and oxygen atoms in total. The molecule has 4 atom stereocenters. The lowest BCUT2D eigenvalue weighted by Gasteiger charge is -2.19. The number of hydrogen-bond acceptors (Lipinski definition) is 9. The van der Waals surface area contributed by atoms with Crippen molar-refractivity contribution in [3.8, 4) is 0 Å². The standard InChI is InChI=1S/C45H76NO9P/c1-3-5-7-8-9-10-11-12-13-14-15-16-17-21-24-31-38-52-40-44(41-54-56(50,51)53-39-37-46)55-45(49)36-30-25-29-35-43(48)34-28-23-20-18-19-22-27-33-42(47)32-26-6-4-2/h6,12-13,19-20,22-23,26-29,31,33-35,38,42-44,47-48H,3-5,7-11,14-18,21,24-25,30,32,36-37,39-41,46H2,1-2H3,(H,50,51)/b13-12-,22-19-,23-20-,26-6-,33-27+,34-28+,35-29-,38-31+/t42-,43-,44+/m0/s1. The molecule has 0 aliphatic heterocycles. The lowest BCUT2D eigenvalue weighted by atomic mass is 10.1. The molecule has 56 heavy (non-hydrogen) atoms. The Labute approximate surface area is 339 Å². The normalized spacial score (nSPS) is 15.5. The van der Waals surface area contributed by atoms with E-state index < -0.39 is 32.1 Å². The van der Waals surface area contributed by atoms with Gasteiger partial charge < -0.3 is 30.3 Å². The molecule has 0 radical (unpaired) electrons. The van der Waals surface area contributed by atoms with Crippen LogP contribution in [0.3, 0.4) is 0 Å². The van der Waals surface area contributed by atoms with E-state index in [9.17, 15) is 24.5 Å². The maximum absolute atomic E-state index is 12.6. The largest absolute Gasteiger partial charge is 0.498 e. The number of unbranched alkanes of at least 4 members (excludes halogenated alkanes) is 12.